The van der Waals surface area contributed by atoms with E-state index in [2.05, 4.69) is 15.4 Å². The monoisotopic (exact) mass is 225 g/mol. The van der Waals surface area contributed by atoms with Crippen LogP contribution in [0.25, 0.3) is 0 Å². The molecule has 5 heteroatoms. The maximum atomic E-state index is 9.03. The molecule has 1 saturated heterocycles. The number of aliphatic hydroxyl groups excluding tert-OH is 1. The molecule has 1 aliphatic rings. The van der Waals surface area contributed by atoms with E-state index in [0.717, 1.165) is 25.4 Å². The van der Waals surface area contributed by atoms with Gasteiger partial charge < -0.3 is 14.9 Å². The fraction of sp³-hybridized carbons (Fsp3) is 0.727. The van der Waals surface area contributed by atoms with Gasteiger partial charge in [0.05, 0.1) is 19.3 Å². The summed E-state index contributed by atoms with van der Waals surface area (Å²) >= 11 is 0. The zero-order valence-corrected chi connectivity index (χ0v) is 9.43. The molecule has 0 bridgehead atoms. The van der Waals surface area contributed by atoms with E-state index in [-0.39, 0.29) is 6.61 Å². The van der Waals surface area contributed by atoms with Crippen molar-refractivity contribution in [2.75, 3.05) is 26.2 Å². The molecule has 2 heterocycles. The second kappa shape index (κ2) is 5.98. The van der Waals surface area contributed by atoms with Crippen molar-refractivity contribution in [2.24, 2.45) is 0 Å². The molecule has 0 aliphatic carbocycles. The Hall–Kier alpha value is -0.910. The molecule has 0 aromatic carbocycles. The summed E-state index contributed by atoms with van der Waals surface area (Å²) in [5.74, 6) is 0.853. The van der Waals surface area contributed by atoms with E-state index in [1.54, 1.807) is 6.20 Å². The molecule has 1 unspecified atom stereocenters. The molecule has 2 N–H and O–H groups in total. The van der Waals surface area contributed by atoms with Crippen LogP contribution in [-0.2, 0) is 6.54 Å². The minimum atomic E-state index is 0.181. The van der Waals surface area contributed by atoms with Gasteiger partial charge in [-0.1, -0.05) is 5.16 Å². The van der Waals surface area contributed by atoms with E-state index in [4.69, 9.17) is 9.63 Å². The van der Waals surface area contributed by atoms with Gasteiger partial charge in [-0.25, -0.2) is 0 Å². The highest BCUT2D eigenvalue weighted by Gasteiger charge is 2.18. The van der Waals surface area contributed by atoms with Crippen molar-refractivity contribution in [3.63, 3.8) is 0 Å². The van der Waals surface area contributed by atoms with Crippen LogP contribution in [0, 0.1) is 0 Å². The summed E-state index contributed by atoms with van der Waals surface area (Å²) in [5.41, 5.74) is 0. The molecule has 5 nitrogen and oxygen atoms in total. The van der Waals surface area contributed by atoms with Gasteiger partial charge >= 0.3 is 0 Å². The molecule has 16 heavy (non-hydrogen) atoms. The highest BCUT2D eigenvalue weighted by atomic mass is 16.5. The standard InChI is InChI=1S/C11H19N3O2/c15-7-6-14(8-10-2-1-4-12-10)9-11-3-5-13-16-11/h3,5,10,12,15H,1-2,4,6-9H2. The van der Waals surface area contributed by atoms with Crippen LogP contribution in [0.15, 0.2) is 16.8 Å². The molecular formula is C11H19N3O2. The van der Waals surface area contributed by atoms with Crippen molar-refractivity contribution in [1.82, 2.24) is 15.4 Å². The summed E-state index contributed by atoms with van der Waals surface area (Å²) < 4.78 is 5.08. The second-order valence-corrected chi connectivity index (χ2v) is 4.23. The van der Waals surface area contributed by atoms with Gasteiger partial charge in [0.1, 0.15) is 0 Å². The Labute approximate surface area is 95.4 Å². The number of rotatable bonds is 6. The van der Waals surface area contributed by atoms with E-state index >= 15 is 0 Å². The Balaban J connectivity index is 1.83. The van der Waals surface area contributed by atoms with Crippen molar-refractivity contribution in [1.29, 1.82) is 0 Å². The normalized spacial score (nSPS) is 20.8. The molecule has 1 aromatic heterocycles. The fourth-order valence-corrected chi connectivity index (χ4v) is 2.14. The van der Waals surface area contributed by atoms with Gasteiger partial charge in [-0.3, -0.25) is 4.90 Å². The van der Waals surface area contributed by atoms with Crippen LogP contribution in [0.3, 0.4) is 0 Å². The lowest BCUT2D eigenvalue weighted by Gasteiger charge is -2.23. The van der Waals surface area contributed by atoms with E-state index in [0.29, 0.717) is 12.6 Å². The maximum absolute atomic E-state index is 9.03. The Bertz CT molecular complexity index is 283. The third kappa shape index (κ3) is 3.30. The lowest BCUT2D eigenvalue weighted by molar-refractivity contribution is 0.165. The first kappa shape index (κ1) is 11.6. The number of nitrogens with zero attached hydrogens (tertiary/aromatic N) is 2. The minimum absolute atomic E-state index is 0.181. The Morgan fingerprint density at radius 2 is 2.56 bits per heavy atom. The van der Waals surface area contributed by atoms with Crippen LogP contribution >= 0.6 is 0 Å². The maximum Gasteiger partial charge on any atom is 0.150 e. The third-order valence-electron chi connectivity index (χ3n) is 2.93. The molecule has 1 atom stereocenters. The van der Waals surface area contributed by atoms with Crippen molar-refractivity contribution in [3.8, 4) is 0 Å². The lowest BCUT2D eigenvalue weighted by atomic mass is 10.2. The van der Waals surface area contributed by atoms with Gasteiger partial charge in [0.25, 0.3) is 0 Å². The fourth-order valence-electron chi connectivity index (χ4n) is 2.14. The van der Waals surface area contributed by atoms with E-state index in [9.17, 15) is 0 Å². The summed E-state index contributed by atoms with van der Waals surface area (Å²) in [5, 5.41) is 16.2. The first-order valence-electron chi connectivity index (χ1n) is 5.84. The third-order valence-corrected chi connectivity index (χ3v) is 2.93. The van der Waals surface area contributed by atoms with Gasteiger partial charge in [-0.15, -0.1) is 0 Å². The molecule has 1 aromatic rings. The quantitative estimate of drug-likeness (QED) is 0.725. The molecule has 0 spiro atoms. The lowest BCUT2D eigenvalue weighted by Crippen LogP contribution is -2.38. The molecule has 0 saturated carbocycles. The second-order valence-electron chi connectivity index (χ2n) is 4.23. The zero-order valence-electron chi connectivity index (χ0n) is 9.43. The molecule has 0 radical (unpaired) electrons. The summed E-state index contributed by atoms with van der Waals surface area (Å²) in [6.07, 6.45) is 4.12. The first-order valence-corrected chi connectivity index (χ1v) is 5.84. The molecule has 0 amide bonds. The van der Waals surface area contributed by atoms with Gasteiger partial charge in [-0.2, -0.15) is 0 Å². The van der Waals surface area contributed by atoms with Crippen LogP contribution in [-0.4, -0.2) is 47.4 Å². The van der Waals surface area contributed by atoms with Gasteiger partial charge in [0.15, 0.2) is 5.76 Å². The van der Waals surface area contributed by atoms with Crippen molar-refractivity contribution >= 4 is 0 Å². The number of aromatic nitrogens is 1. The van der Waals surface area contributed by atoms with Crippen molar-refractivity contribution in [2.45, 2.75) is 25.4 Å². The summed E-state index contributed by atoms with van der Waals surface area (Å²) in [7, 11) is 0. The molecule has 1 fully saturated rings. The Morgan fingerprint density at radius 1 is 1.62 bits per heavy atom. The largest absolute Gasteiger partial charge is 0.395 e. The van der Waals surface area contributed by atoms with Crippen molar-refractivity contribution in [3.05, 3.63) is 18.0 Å². The zero-order chi connectivity index (χ0) is 11.2. The van der Waals surface area contributed by atoms with E-state index in [1.165, 1.54) is 12.8 Å². The minimum Gasteiger partial charge on any atom is -0.395 e. The van der Waals surface area contributed by atoms with Gasteiger partial charge in [0, 0.05) is 25.2 Å². The number of hydrogen-bond acceptors (Lipinski definition) is 5. The average molecular weight is 225 g/mol. The van der Waals surface area contributed by atoms with Crippen LogP contribution in [0.4, 0.5) is 0 Å². The highest BCUT2D eigenvalue weighted by Crippen LogP contribution is 2.09. The molecule has 2 rings (SSSR count). The predicted molar refractivity (Wildman–Crippen MR) is 59.9 cm³/mol. The smallest absolute Gasteiger partial charge is 0.150 e. The topological polar surface area (TPSA) is 61.5 Å². The molecule has 90 valence electrons. The number of aliphatic hydroxyl groups is 1. The first-order chi connectivity index (χ1) is 7.88. The number of nitrogens with one attached hydrogen (secondary N) is 1. The Morgan fingerprint density at radius 3 is 3.19 bits per heavy atom. The highest BCUT2D eigenvalue weighted by molar-refractivity contribution is 4.93. The SMILES string of the molecule is OCCN(Cc1ccno1)CC1CCCN1. The van der Waals surface area contributed by atoms with Crippen LogP contribution < -0.4 is 5.32 Å². The van der Waals surface area contributed by atoms with Crippen LogP contribution in [0.2, 0.25) is 0 Å². The van der Waals surface area contributed by atoms with Crippen LogP contribution in [0.5, 0.6) is 0 Å². The summed E-state index contributed by atoms with van der Waals surface area (Å²) in [6.45, 7) is 3.65. The Kier molecular flexibility index (Phi) is 4.33. The van der Waals surface area contributed by atoms with Gasteiger partial charge in [0.2, 0.25) is 0 Å². The average Bonchev–Trinajstić information content (AvgIpc) is 2.91. The van der Waals surface area contributed by atoms with Crippen molar-refractivity contribution < 1.29 is 9.63 Å². The molecule has 1 aliphatic heterocycles. The van der Waals surface area contributed by atoms with Crippen LogP contribution in [0.1, 0.15) is 18.6 Å². The molecular weight excluding hydrogens is 206 g/mol. The van der Waals surface area contributed by atoms with E-state index in [1.807, 2.05) is 6.07 Å². The van der Waals surface area contributed by atoms with E-state index < -0.39 is 0 Å². The summed E-state index contributed by atoms with van der Waals surface area (Å²) in [6, 6.07) is 2.42. The van der Waals surface area contributed by atoms with Gasteiger partial charge in [-0.05, 0) is 19.4 Å². The number of hydrogen-bond donors (Lipinski definition) is 2. The summed E-state index contributed by atoms with van der Waals surface area (Å²) in [4.78, 5) is 2.20. The predicted octanol–water partition coefficient (Wildman–Crippen LogP) is 0.221.